The number of hydrogen-bond donors (Lipinski definition) is 0. The molecule has 3 fully saturated rings. The predicted molar refractivity (Wildman–Crippen MR) is 219 cm³/mol. The van der Waals surface area contributed by atoms with Crippen LogP contribution in [0.3, 0.4) is 0 Å². The average molecular weight is 679 g/mol. The first-order chi connectivity index (χ1) is 25.2. The molecule has 3 saturated heterocycles. The normalized spacial score (nSPS) is 29.9. The van der Waals surface area contributed by atoms with Crippen molar-refractivity contribution in [2.75, 3.05) is 4.90 Å². The Balaban J connectivity index is 1.13. The third kappa shape index (κ3) is 4.63. The minimum Gasteiger partial charge on any atom is -0.361 e. The third-order valence-electron chi connectivity index (χ3n) is 14.4. The van der Waals surface area contributed by atoms with Gasteiger partial charge in [0.1, 0.15) is 0 Å². The van der Waals surface area contributed by atoms with E-state index in [-0.39, 0.29) is 16.9 Å². The van der Waals surface area contributed by atoms with Crippen molar-refractivity contribution in [2.24, 2.45) is 11.8 Å². The summed E-state index contributed by atoms with van der Waals surface area (Å²) >= 11 is 0. The second-order valence-corrected chi connectivity index (χ2v) is 17.7. The van der Waals surface area contributed by atoms with Gasteiger partial charge in [-0.25, -0.2) is 0 Å². The SMILES string of the molecule is CC1=CC2C3B(C4=CC(C(C)(C)c5ccccc5)CC=C4N2c2ccc(C(C)(C)c4ccccc4)cc2)C2C=CC=C4C5CCC=CC5N(C3=C1)C42. The van der Waals surface area contributed by atoms with Crippen molar-refractivity contribution in [3.05, 3.63) is 184 Å². The predicted octanol–water partition coefficient (Wildman–Crippen LogP) is 11.2. The van der Waals surface area contributed by atoms with Crippen molar-refractivity contribution >= 4 is 12.4 Å². The molecule has 3 heteroatoms. The van der Waals surface area contributed by atoms with Crippen LogP contribution in [0.25, 0.3) is 0 Å². The molecule has 3 heterocycles. The molecular weight excluding hydrogens is 627 g/mol. The molecule has 52 heavy (non-hydrogen) atoms. The third-order valence-corrected chi connectivity index (χ3v) is 14.4. The molecule has 7 unspecified atom stereocenters. The van der Waals surface area contributed by atoms with Gasteiger partial charge in [-0.05, 0) is 83.8 Å². The minimum atomic E-state index is -0.0772. The highest BCUT2D eigenvalue weighted by atomic mass is 15.3. The van der Waals surface area contributed by atoms with Crippen LogP contribution in [0.1, 0.15) is 70.6 Å². The Hall–Kier alpha value is -4.50. The summed E-state index contributed by atoms with van der Waals surface area (Å²) in [4.78, 5) is 5.67. The van der Waals surface area contributed by atoms with E-state index in [9.17, 15) is 0 Å². The summed E-state index contributed by atoms with van der Waals surface area (Å²) in [5.41, 5.74) is 13.1. The second kappa shape index (κ2) is 11.8. The molecule has 0 N–H and O–H groups in total. The number of allylic oxidation sites excluding steroid dienone is 8. The molecule has 0 bridgehead atoms. The van der Waals surface area contributed by atoms with Gasteiger partial charge in [0.25, 0.3) is 0 Å². The zero-order valence-electron chi connectivity index (χ0n) is 31.4. The van der Waals surface area contributed by atoms with Gasteiger partial charge in [0.15, 0.2) is 6.71 Å². The van der Waals surface area contributed by atoms with Crippen molar-refractivity contribution in [1.29, 1.82) is 0 Å². The molecule has 2 nitrogen and oxygen atoms in total. The fourth-order valence-electron chi connectivity index (χ4n) is 11.5. The van der Waals surface area contributed by atoms with Crippen molar-refractivity contribution in [1.82, 2.24) is 4.90 Å². The van der Waals surface area contributed by atoms with E-state index < -0.39 is 0 Å². The van der Waals surface area contributed by atoms with E-state index in [4.69, 9.17) is 0 Å². The zero-order valence-corrected chi connectivity index (χ0v) is 31.4. The molecule has 0 aromatic heterocycles. The summed E-state index contributed by atoms with van der Waals surface area (Å²) in [6.45, 7) is 12.4. The Labute approximate surface area is 311 Å². The van der Waals surface area contributed by atoms with Crippen LogP contribution in [0, 0.1) is 11.8 Å². The summed E-state index contributed by atoms with van der Waals surface area (Å²) < 4.78 is 0. The standard InChI is InChI=1S/C49H51BN2/c1-32-29-44-46-45(30-32)52-42-22-13-12-19-38(42)39-20-14-21-40(47(39)52)50(46)41-31-36(49(4,5)34-17-10-7-11-18-34)25-28-43(41)51(44)37-26-23-35(24-27-37)48(2,3)33-15-8-6-9-16-33/h6-11,13-18,20-24,26-31,36,38,40,42,44,46-47H,12,19,25H2,1-5H3. The van der Waals surface area contributed by atoms with Gasteiger partial charge < -0.3 is 9.80 Å². The highest BCUT2D eigenvalue weighted by molar-refractivity contribution is 6.73. The highest BCUT2D eigenvalue weighted by Gasteiger charge is 2.62. The van der Waals surface area contributed by atoms with Crippen LogP contribution < -0.4 is 4.90 Å². The Morgan fingerprint density at radius 3 is 2.23 bits per heavy atom. The van der Waals surface area contributed by atoms with Crippen molar-refractivity contribution in [2.45, 2.75) is 94.5 Å². The Morgan fingerprint density at radius 1 is 0.769 bits per heavy atom. The number of nitrogens with zero attached hydrogens (tertiary/aromatic N) is 2. The fraction of sp³-hybridized carbons (Fsp3) is 0.347. The number of fused-ring (bicyclic) bond motifs is 7. The quantitative estimate of drug-likeness (QED) is 0.196. The maximum Gasteiger partial charge on any atom is 0.200 e. The molecule has 3 aliphatic heterocycles. The Kier molecular flexibility index (Phi) is 7.27. The molecule has 3 aromatic carbocycles. The van der Waals surface area contributed by atoms with Gasteiger partial charge in [0.05, 0.1) is 18.1 Å². The summed E-state index contributed by atoms with van der Waals surface area (Å²) in [6.07, 6.45) is 26.6. The summed E-state index contributed by atoms with van der Waals surface area (Å²) in [5.74, 6) is 1.87. The first-order valence-electron chi connectivity index (χ1n) is 19.9. The molecule has 7 aliphatic rings. The van der Waals surface area contributed by atoms with Crippen LogP contribution >= 0.6 is 0 Å². The van der Waals surface area contributed by atoms with Crippen molar-refractivity contribution in [3.63, 3.8) is 0 Å². The minimum absolute atomic E-state index is 0.0195. The first-order valence-corrected chi connectivity index (χ1v) is 19.9. The number of rotatable bonds is 5. The first kappa shape index (κ1) is 32.2. The lowest BCUT2D eigenvalue weighted by atomic mass is 9.23. The van der Waals surface area contributed by atoms with Gasteiger partial charge in [-0.3, -0.25) is 0 Å². The van der Waals surface area contributed by atoms with Crippen molar-refractivity contribution in [3.8, 4) is 0 Å². The molecule has 0 amide bonds. The van der Waals surface area contributed by atoms with Crippen LogP contribution in [-0.4, -0.2) is 29.7 Å². The molecule has 260 valence electrons. The number of hydrogen-bond acceptors (Lipinski definition) is 2. The molecule has 4 aliphatic carbocycles. The van der Waals surface area contributed by atoms with Gasteiger partial charge in [0.2, 0.25) is 0 Å². The van der Waals surface area contributed by atoms with E-state index in [0.29, 0.717) is 42.3 Å². The monoisotopic (exact) mass is 678 g/mol. The number of benzene rings is 3. The maximum absolute atomic E-state index is 2.91. The lowest BCUT2D eigenvalue weighted by Gasteiger charge is -2.59. The van der Waals surface area contributed by atoms with E-state index in [1.54, 1.807) is 16.7 Å². The molecule has 7 atom stereocenters. The molecule has 0 spiro atoms. The maximum atomic E-state index is 2.91. The van der Waals surface area contributed by atoms with Crippen LogP contribution in [-0.2, 0) is 10.8 Å². The summed E-state index contributed by atoms with van der Waals surface area (Å²) in [7, 11) is 0. The molecule has 0 saturated carbocycles. The highest BCUT2D eigenvalue weighted by Crippen LogP contribution is 2.62. The summed E-state index contributed by atoms with van der Waals surface area (Å²) in [6, 6.07) is 33.0. The lowest BCUT2D eigenvalue weighted by Crippen LogP contribution is -2.61. The van der Waals surface area contributed by atoms with Gasteiger partial charge >= 0.3 is 0 Å². The van der Waals surface area contributed by atoms with Crippen LogP contribution in [0.5, 0.6) is 0 Å². The van der Waals surface area contributed by atoms with Gasteiger partial charge in [-0.15, -0.1) is 0 Å². The number of anilines is 1. The molecule has 10 rings (SSSR count). The largest absolute Gasteiger partial charge is 0.361 e. The molecule has 0 radical (unpaired) electrons. The van der Waals surface area contributed by atoms with Gasteiger partial charge in [-0.2, -0.15) is 0 Å². The summed E-state index contributed by atoms with van der Waals surface area (Å²) in [5, 5.41) is 0. The van der Waals surface area contributed by atoms with Crippen LogP contribution in [0.15, 0.2) is 168 Å². The van der Waals surface area contributed by atoms with E-state index >= 15 is 0 Å². The zero-order chi connectivity index (χ0) is 35.4. The van der Waals surface area contributed by atoms with E-state index in [1.165, 1.54) is 46.5 Å². The Morgan fingerprint density at radius 2 is 1.48 bits per heavy atom. The molecule has 3 aromatic rings. The topological polar surface area (TPSA) is 6.48 Å². The Bertz CT molecular complexity index is 2130. The average Bonchev–Trinajstić information content (AvgIpc) is 3.52. The second-order valence-electron chi connectivity index (χ2n) is 17.7. The lowest BCUT2D eigenvalue weighted by molar-refractivity contribution is 0.239. The molecular formula is C49H51BN2. The van der Waals surface area contributed by atoms with Crippen LogP contribution in [0.2, 0.25) is 11.6 Å². The van der Waals surface area contributed by atoms with E-state index in [1.807, 2.05) is 0 Å². The van der Waals surface area contributed by atoms with E-state index in [2.05, 4.69) is 184 Å². The van der Waals surface area contributed by atoms with Crippen LogP contribution in [0.4, 0.5) is 5.69 Å². The fourth-order valence-corrected chi connectivity index (χ4v) is 11.5. The van der Waals surface area contributed by atoms with Crippen molar-refractivity contribution < 1.29 is 0 Å². The van der Waals surface area contributed by atoms with Gasteiger partial charge in [-0.1, -0.05) is 160 Å². The smallest absolute Gasteiger partial charge is 0.200 e. The van der Waals surface area contributed by atoms with E-state index in [0.717, 1.165) is 6.42 Å². The van der Waals surface area contributed by atoms with Gasteiger partial charge in [0, 0.05) is 34.2 Å².